The van der Waals surface area contributed by atoms with E-state index in [9.17, 15) is 17.6 Å². The lowest BCUT2D eigenvalue weighted by molar-refractivity contribution is -0.133. The first-order chi connectivity index (χ1) is 17.4. The van der Waals surface area contributed by atoms with Gasteiger partial charge in [0.1, 0.15) is 11.6 Å². The number of nitrogens with zero attached hydrogens (tertiary/aromatic N) is 2. The van der Waals surface area contributed by atoms with Crippen molar-refractivity contribution in [2.75, 3.05) is 26.3 Å². The van der Waals surface area contributed by atoms with Crippen molar-refractivity contribution in [3.8, 4) is 0 Å². The molecule has 3 aromatic rings. The summed E-state index contributed by atoms with van der Waals surface area (Å²) < 4.78 is 51.7. The molecule has 0 spiro atoms. The molecule has 1 amide bonds. The molecule has 0 saturated carbocycles. The molecule has 0 fully saturated rings. The van der Waals surface area contributed by atoms with Crippen LogP contribution in [-0.2, 0) is 32.6 Å². The van der Waals surface area contributed by atoms with Crippen molar-refractivity contribution in [1.29, 1.82) is 0 Å². The third kappa shape index (κ3) is 8.75. The molecule has 0 radical (unpaired) electrons. The summed E-state index contributed by atoms with van der Waals surface area (Å²) in [5.74, 6) is -0.219. The lowest BCUT2D eigenvalue weighted by atomic mass is 10.2. The van der Waals surface area contributed by atoms with Gasteiger partial charge in [-0.15, -0.1) is 0 Å². The van der Waals surface area contributed by atoms with Crippen LogP contribution in [0.15, 0.2) is 82.8 Å². The van der Waals surface area contributed by atoms with E-state index in [1.165, 1.54) is 29.4 Å². The highest BCUT2D eigenvalue weighted by Gasteiger charge is 2.25. The second-order valence-electron chi connectivity index (χ2n) is 8.10. The van der Waals surface area contributed by atoms with Crippen LogP contribution < -0.4 is 0 Å². The lowest BCUT2D eigenvalue weighted by Crippen LogP contribution is -2.42. The topological polar surface area (TPSA) is 80.1 Å². The Balaban J connectivity index is 1.80. The fourth-order valence-corrected chi connectivity index (χ4v) is 4.66. The Morgan fingerprint density at radius 1 is 1.03 bits per heavy atom. The molecule has 192 valence electrons. The van der Waals surface area contributed by atoms with E-state index in [2.05, 4.69) is 0 Å². The van der Waals surface area contributed by atoms with Gasteiger partial charge in [0.25, 0.3) is 0 Å². The molecule has 3 rings (SSSR count). The predicted molar refractivity (Wildman–Crippen MR) is 136 cm³/mol. The highest BCUT2D eigenvalue weighted by atomic mass is 32.2. The van der Waals surface area contributed by atoms with Gasteiger partial charge in [-0.3, -0.25) is 4.79 Å². The summed E-state index contributed by atoms with van der Waals surface area (Å²) >= 11 is 0. The molecule has 0 saturated heterocycles. The van der Waals surface area contributed by atoms with Crippen LogP contribution in [0.5, 0.6) is 0 Å². The van der Waals surface area contributed by atoms with Gasteiger partial charge in [-0.05, 0) is 54.8 Å². The van der Waals surface area contributed by atoms with Crippen molar-refractivity contribution in [3.63, 3.8) is 0 Å². The highest BCUT2D eigenvalue weighted by Crippen LogP contribution is 2.15. The van der Waals surface area contributed by atoms with Crippen LogP contribution in [0.3, 0.4) is 0 Å². The minimum absolute atomic E-state index is 0.123. The Bertz CT molecular complexity index is 1200. The van der Waals surface area contributed by atoms with E-state index in [0.29, 0.717) is 31.0 Å². The van der Waals surface area contributed by atoms with E-state index in [0.717, 1.165) is 15.3 Å². The Kier molecular flexibility index (Phi) is 10.4. The fraction of sp³-hybridized carbons (Fsp3) is 0.296. The number of amides is 1. The Labute approximate surface area is 211 Å². The van der Waals surface area contributed by atoms with Crippen LogP contribution in [0, 0.1) is 5.82 Å². The quantitative estimate of drug-likeness (QED) is 0.292. The zero-order valence-electron chi connectivity index (χ0n) is 20.3. The van der Waals surface area contributed by atoms with Crippen LogP contribution in [0.1, 0.15) is 30.2 Å². The normalized spacial score (nSPS) is 11.9. The molecule has 0 aliphatic heterocycles. The number of sulfonamides is 1. The van der Waals surface area contributed by atoms with Gasteiger partial charge in [0, 0.05) is 31.7 Å². The van der Waals surface area contributed by atoms with Crippen LogP contribution >= 0.6 is 0 Å². The summed E-state index contributed by atoms with van der Waals surface area (Å²) in [6.07, 6.45) is 3.46. The monoisotopic (exact) mass is 514 g/mol. The molecule has 0 unspecified atom stereocenters. The van der Waals surface area contributed by atoms with Gasteiger partial charge < -0.3 is 14.1 Å². The average molecular weight is 515 g/mol. The smallest absolute Gasteiger partial charge is 0.238 e. The summed E-state index contributed by atoms with van der Waals surface area (Å²) in [5, 5.41) is 1.12. The first-order valence-corrected chi connectivity index (χ1v) is 13.2. The summed E-state index contributed by atoms with van der Waals surface area (Å²) in [6.45, 7) is 2.86. The number of hydrogen-bond donors (Lipinski definition) is 0. The Morgan fingerprint density at radius 3 is 2.44 bits per heavy atom. The maximum absolute atomic E-state index is 13.4. The van der Waals surface area contributed by atoms with Crippen LogP contribution in [0.4, 0.5) is 4.39 Å². The molecule has 36 heavy (non-hydrogen) atoms. The molecule has 0 N–H and O–H groups in total. The van der Waals surface area contributed by atoms with Gasteiger partial charge in [0.2, 0.25) is 15.9 Å². The number of carbonyl (C=O) groups is 1. The summed E-state index contributed by atoms with van der Waals surface area (Å²) in [5.41, 5.74) is 1.45. The van der Waals surface area contributed by atoms with Gasteiger partial charge >= 0.3 is 0 Å². The summed E-state index contributed by atoms with van der Waals surface area (Å²) in [7, 11) is -3.90. The van der Waals surface area contributed by atoms with E-state index in [1.54, 1.807) is 36.4 Å². The largest absolute Gasteiger partial charge is 0.467 e. The minimum Gasteiger partial charge on any atom is -0.467 e. The average Bonchev–Trinajstić information content (AvgIpc) is 3.39. The Morgan fingerprint density at radius 2 is 1.78 bits per heavy atom. The minimum atomic E-state index is -3.90. The molecular formula is C27H31FN2O5S. The maximum Gasteiger partial charge on any atom is 0.238 e. The van der Waals surface area contributed by atoms with Gasteiger partial charge in [-0.25, -0.2) is 12.8 Å². The van der Waals surface area contributed by atoms with Crippen molar-refractivity contribution in [3.05, 3.63) is 101 Å². The van der Waals surface area contributed by atoms with Crippen molar-refractivity contribution >= 4 is 22.0 Å². The van der Waals surface area contributed by atoms with Gasteiger partial charge in [-0.2, -0.15) is 4.31 Å². The van der Waals surface area contributed by atoms with Crippen molar-refractivity contribution in [2.24, 2.45) is 0 Å². The van der Waals surface area contributed by atoms with Gasteiger partial charge in [0.05, 0.1) is 19.4 Å². The number of furan rings is 1. The number of benzene rings is 2. The zero-order chi connectivity index (χ0) is 25.8. The number of rotatable bonds is 14. The number of ether oxygens (including phenoxy) is 1. The van der Waals surface area contributed by atoms with Crippen LogP contribution in [0.2, 0.25) is 0 Å². The molecule has 2 aromatic carbocycles. The third-order valence-corrected chi connectivity index (χ3v) is 6.88. The van der Waals surface area contributed by atoms with Crippen molar-refractivity contribution < 1.29 is 26.8 Å². The Hall–Kier alpha value is -3.27. The highest BCUT2D eigenvalue weighted by molar-refractivity contribution is 7.92. The first-order valence-electron chi connectivity index (χ1n) is 11.7. The molecular weight excluding hydrogens is 483 g/mol. The van der Waals surface area contributed by atoms with Crippen molar-refractivity contribution in [1.82, 2.24) is 9.21 Å². The fourth-order valence-electron chi connectivity index (χ4n) is 3.48. The van der Waals surface area contributed by atoms with E-state index < -0.39 is 15.9 Å². The van der Waals surface area contributed by atoms with Gasteiger partial charge in [-0.1, -0.05) is 42.5 Å². The number of carbonyl (C=O) groups excluding carboxylic acids is 1. The molecule has 1 heterocycles. The van der Waals surface area contributed by atoms with E-state index in [4.69, 9.17) is 9.15 Å². The van der Waals surface area contributed by atoms with E-state index >= 15 is 0 Å². The predicted octanol–water partition coefficient (Wildman–Crippen LogP) is 4.68. The van der Waals surface area contributed by atoms with Crippen LogP contribution in [-0.4, -0.2) is 49.8 Å². The van der Waals surface area contributed by atoms with Crippen LogP contribution in [0.25, 0.3) is 6.08 Å². The maximum atomic E-state index is 13.4. The number of hydrogen-bond acceptors (Lipinski definition) is 5. The van der Waals surface area contributed by atoms with Crippen molar-refractivity contribution in [2.45, 2.75) is 26.4 Å². The van der Waals surface area contributed by atoms with E-state index in [-0.39, 0.29) is 32.0 Å². The molecule has 0 bridgehead atoms. The lowest BCUT2D eigenvalue weighted by Gasteiger charge is -2.26. The third-order valence-electron chi connectivity index (χ3n) is 5.37. The summed E-state index contributed by atoms with van der Waals surface area (Å²) in [4.78, 5) is 14.9. The molecule has 0 aliphatic carbocycles. The first kappa shape index (κ1) is 27.3. The standard InChI is InChI=1S/C27H31FN2O5S/c1-2-34-17-7-16-30(36(32,33)19-15-23-8-4-3-5-9-23)22-27(31)29(21-26-10-6-18-35-26)20-24-11-13-25(28)14-12-24/h3-6,8-15,18-19H,2,7,16-17,20-22H2,1H3/b19-15+. The second kappa shape index (κ2) is 13.7. The molecule has 0 atom stereocenters. The molecule has 0 aliphatic rings. The number of halogens is 1. The summed E-state index contributed by atoms with van der Waals surface area (Å²) in [6, 6.07) is 18.4. The molecule has 1 aromatic heterocycles. The second-order valence-corrected chi connectivity index (χ2v) is 9.92. The SMILES string of the molecule is CCOCCCN(CC(=O)N(Cc1ccc(F)cc1)Cc1ccco1)S(=O)(=O)/C=C/c1ccccc1. The zero-order valence-corrected chi connectivity index (χ0v) is 21.1. The molecule has 7 nitrogen and oxygen atoms in total. The van der Waals surface area contributed by atoms with E-state index in [1.807, 2.05) is 25.1 Å². The molecule has 9 heteroatoms. The van der Waals surface area contributed by atoms with Gasteiger partial charge in [0.15, 0.2) is 0 Å².